The number of hydrogen-bond acceptors (Lipinski definition) is 4. The molecule has 0 unspecified atom stereocenters. The second-order valence-corrected chi connectivity index (χ2v) is 9.07. The van der Waals surface area contributed by atoms with E-state index in [1.54, 1.807) is 24.3 Å². The van der Waals surface area contributed by atoms with Gasteiger partial charge in [0.1, 0.15) is 0 Å². The molecule has 1 amide bonds. The molecule has 2 aromatic rings. The number of rotatable bonds is 10. The van der Waals surface area contributed by atoms with Crippen LogP contribution in [0.25, 0.3) is 0 Å². The average molecular weight is 407 g/mol. The third-order valence-corrected chi connectivity index (χ3v) is 6.76. The van der Waals surface area contributed by atoms with Gasteiger partial charge in [0.05, 0.1) is 10.6 Å². The lowest BCUT2D eigenvalue weighted by Gasteiger charge is -2.21. The normalized spacial score (nSPS) is 11.5. The first-order chi connectivity index (χ1) is 13.0. The van der Waals surface area contributed by atoms with Crippen molar-refractivity contribution in [3.05, 3.63) is 54.6 Å². The number of nitrogens with one attached hydrogen (secondary N) is 1. The summed E-state index contributed by atoms with van der Waals surface area (Å²) >= 11 is 1.46. The molecule has 0 aromatic heterocycles. The van der Waals surface area contributed by atoms with Crippen molar-refractivity contribution in [2.24, 2.45) is 0 Å². The molecule has 27 heavy (non-hydrogen) atoms. The van der Waals surface area contributed by atoms with E-state index in [2.05, 4.69) is 5.32 Å². The van der Waals surface area contributed by atoms with Crippen LogP contribution in [0.4, 0.5) is 5.69 Å². The number of carbonyl (C=O) groups is 1. The van der Waals surface area contributed by atoms with Gasteiger partial charge in [-0.2, -0.15) is 4.31 Å². The molecule has 1 N–H and O–H groups in total. The van der Waals surface area contributed by atoms with Crippen molar-refractivity contribution in [1.82, 2.24) is 4.31 Å². The van der Waals surface area contributed by atoms with Gasteiger partial charge in [-0.05, 0) is 49.2 Å². The van der Waals surface area contributed by atoms with Crippen molar-refractivity contribution in [3.63, 3.8) is 0 Å². The summed E-state index contributed by atoms with van der Waals surface area (Å²) in [4.78, 5) is 13.4. The topological polar surface area (TPSA) is 66.5 Å². The number of benzene rings is 2. The summed E-state index contributed by atoms with van der Waals surface area (Å²) in [7, 11) is -3.50. The van der Waals surface area contributed by atoms with Gasteiger partial charge < -0.3 is 5.32 Å². The molecule has 0 spiro atoms. The molecule has 0 atom stereocenters. The Kier molecular flexibility index (Phi) is 8.34. The van der Waals surface area contributed by atoms with Gasteiger partial charge in [-0.3, -0.25) is 4.79 Å². The van der Waals surface area contributed by atoms with E-state index in [1.165, 1.54) is 16.1 Å². The fraction of sp³-hybridized carbons (Fsp3) is 0.350. The molecule has 0 radical (unpaired) electrons. The molecule has 5 nitrogen and oxygen atoms in total. The fourth-order valence-electron chi connectivity index (χ4n) is 2.57. The van der Waals surface area contributed by atoms with E-state index in [0.29, 0.717) is 24.5 Å². The highest BCUT2D eigenvalue weighted by Gasteiger charge is 2.22. The van der Waals surface area contributed by atoms with E-state index in [9.17, 15) is 13.2 Å². The zero-order chi connectivity index (χ0) is 19.7. The number of thioether (sulfide) groups is 1. The maximum atomic E-state index is 12.7. The Bertz CT molecular complexity index is 816. The van der Waals surface area contributed by atoms with Crippen LogP contribution in [0.5, 0.6) is 0 Å². The van der Waals surface area contributed by atoms with Gasteiger partial charge in [0.15, 0.2) is 0 Å². The van der Waals surface area contributed by atoms with Crippen LogP contribution in [0.15, 0.2) is 64.4 Å². The summed E-state index contributed by atoms with van der Waals surface area (Å²) in [5.74, 6) is 0.170. The molecule has 2 rings (SSSR count). The Morgan fingerprint density at radius 2 is 1.56 bits per heavy atom. The van der Waals surface area contributed by atoms with Crippen LogP contribution in [0.3, 0.4) is 0 Å². The minimum absolute atomic E-state index is 0.127. The van der Waals surface area contributed by atoms with Gasteiger partial charge in [0.25, 0.3) is 0 Å². The first-order valence-electron chi connectivity index (χ1n) is 9.05. The van der Waals surface area contributed by atoms with Crippen molar-refractivity contribution in [2.45, 2.75) is 36.5 Å². The van der Waals surface area contributed by atoms with E-state index >= 15 is 0 Å². The Morgan fingerprint density at radius 3 is 2.11 bits per heavy atom. The quantitative estimate of drug-likeness (QED) is 0.600. The Morgan fingerprint density at radius 1 is 0.963 bits per heavy atom. The highest BCUT2D eigenvalue weighted by atomic mass is 32.2. The minimum atomic E-state index is -3.50. The first-order valence-corrected chi connectivity index (χ1v) is 11.5. The predicted molar refractivity (Wildman–Crippen MR) is 112 cm³/mol. The maximum Gasteiger partial charge on any atom is 0.243 e. The summed E-state index contributed by atoms with van der Waals surface area (Å²) in [6, 6.07) is 16.1. The van der Waals surface area contributed by atoms with Crippen LogP contribution in [-0.2, 0) is 14.8 Å². The molecular formula is C20H26N2O3S2. The lowest BCUT2D eigenvalue weighted by molar-refractivity contribution is -0.113. The Hall–Kier alpha value is -1.83. The molecular weight excluding hydrogens is 380 g/mol. The molecule has 7 heteroatoms. The third kappa shape index (κ3) is 6.37. The molecule has 0 saturated carbocycles. The first kappa shape index (κ1) is 21.5. The monoisotopic (exact) mass is 406 g/mol. The zero-order valence-corrected chi connectivity index (χ0v) is 17.4. The summed E-state index contributed by atoms with van der Waals surface area (Å²) in [6.45, 7) is 4.94. The molecule has 2 aromatic carbocycles. The van der Waals surface area contributed by atoms with Crippen molar-refractivity contribution >= 4 is 33.4 Å². The van der Waals surface area contributed by atoms with E-state index in [-0.39, 0.29) is 10.8 Å². The second kappa shape index (κ2) is 10.5. The van der Waals surface area contributed by atoms with Crippen LogP contribution >= 0.6 is 11.8 Å². The van der Waals surface area contributed by atoms with Crippen LogP contribution in [0, 0.1) is 0 Å². The molecule has 0 saturated heterocycles. The van der Waals surface area contributed by atoms with Crippen molar-refractivity contribution in [2.75, 3.05) is 24.2 Å². The largest absolute Gasteiger partial charge is 0.325 e. The predicted octanol–water partition coefficient (Wildman–Crippen LogP) is 4.23. The number of amides is 1. The summed E-state index contributed by atoms with van der Waals surface area (Å²) in [5, 5.41) is 2.80. The summed E-state index contributed by atoms with van der Waals surface area (Å²) < 4.78 is 27.0. The lowest BCUT2D eigenvalue weighted by atomic mass is 10.3. The van der Waals surface area contributed by atoms with Gasteiger partial charge in [0, 0.05) is 23.7 Å². The fourth-order valence-corrected chi connectivity index (χ4v) is 4.92. The molecule has 0 bridgehead atoms. The maximum absolute atomic E-state index is 12.7. The SMILES string of the molecule is CCCN(CCC)S(=O)(=O)c1ccc(NC(=O)CSc2ccccc2)cc1. The van der Waals surface area contributed by atoms with E-state index in [0.717, 1.165) is 17.7 Å². The van der Waals surface area contributed by atoms with Crippen molar-refractivity contribution in [1.29, 1.82) is 0 Å². The number of sulfonamides is 1. The van der Waals surface area contributed by atoms with Gasteiger partial charge in [-0.25, -0.2) is 8.42 Å². The van der Waals surface area contributed by atoms with Crippen LogP contribution in [0.1, 0.15) is 26.7 Å². The number of hydrogen-bond donors (Lipinski definition) is 1. The van der Waals surface area contributed by atoms with E-state index < -0.39 is 10.0 Å². The zero-order valence-electron chi connectivity index (χ0n) is 15.7. The molecule has 0 heterocycles. The Balaban J connectivity index is 1.98. The summed E-state index contributed by atoms with van der Waals surface area (Å²) in [5.41, 5.74) is 0.588. The highest BCUT2D eigenvalue weighted by molar-refractivity contribution is 8.00. The van der Waals surface area contributed by atoms with Gasteiger partial charge in [0.2, 0.25) is 15.9 Å². The van der Waals surface area contributed by atoms with Crippen LogP contribution < -0.4 is 5.32 Å². The molecule has 0 aliphatic heterocycles. The van der Waals surface area contributed by atoms with Gasteiger partial charge >= 0.3 is 0 Å². The molecule has 0 aliphatic rings. The van der Waals surface area contributed by atoms with Crippen LogP contribution in [-0.4, -0.2) is 37.5 Å². The number of nitrogens with zero attached hydrogens (tertiary/aromatic N) is 1. The van der Waals surface area contributed by atoms with Gasteiger partial charge in [-0.15, -0.1) is 11.8 Å². The van der Waals surface area contributed by atoms with E-state index in [4.69, 9.17) is 0 Å². The van der Waals surface area contributed by atoms with E-state index in [1.807, 2.05) is 44.2 Å². The Labute approximate surface area is 166 Å². The highest BCUT2D eigenvalue weighted by Crippen LogP contribution is 2.20. The summed E-state index contributed by atoms with van der Waals surface area (Å²) in [6.07, 6.45) is 1.54. The van der Waals surface area contributed by atoms with Crippen LogP contribution in [0.2, 0.25) is 0 Å². The average Bonchev–Trinajstić information content (AvgIpc) is 2.67. The third-order valence-electron chi connectivity index (χ3n) is 3.84. The second-order valence-electron chi connectivity index (χ2n) is 6.08. The van der Waals surface area contributed by atoms with Gasteiger partial charge in [-0.1, -0.05) is 32.0 Å². The molecule has 0 fully saturated rings. The number of anilines is 1. The standard InChI is InChI=1S/C20H26N2O3S2/c1-3-14-22(15-4-2)27(24,25)19-12-10-17(11-13-19)21-20(23)16-26-18-8-6-5-7-9-18/h5-13H,3-4,14-16H2,1-2H3,(H,21,23). The van der Waals surface area contributed by atoms with Crippen molar-refractivity contribution in [3.8, 4) is 0 Å². The minimum Gasteiger partial charge on any atom is -0.325 e. The smallest absolute Gasteiger partial charge is 0.243 e. The molecule has 146 valence electrons. The lowest BCUT2D eigenvalue weighted by Crippen LogP contribution is -2.32. The van der Waals surface area contributed by atoms with Crippen molar-refractivity contribution < 1.29 is 13.2 Å². The molecule has 0 aliphatic carbocycles. The number of carbonyl (C=O) groups excluding carboxylic acids is 1.